The van der Waals surface area contributed by atoms with Gasteiger partial charge < -0.3 is 10.6 Å². The van der Waals surface area contributed by atoms with Crippen LogP contribution in [0.25, 0.3) is 21.5 Å². The Balaban J connectivity index is 1.48. The minimum atomic E-state index is -0.498. The van der Waals surface area contributed by atoms with E-state index in [1.54, 1.807) is 11.3 Å². The number of para-hydroxylation sites is 2. The van der Waals surface area contributed by atoms with Gasteiger partial charge >= 0.3 is 0 Å². The molecule has 1 amide bonds. The second-order valence-electron chi connectivity index (χ2n) is 9.73. The second-order valence-corrected chi connectivity index (χ2v) is 12.2. The number of nitrogens with one attached hydrogen (secondary N) is 2. The van der Waals surface area contributed by atoms with E-state index in [4.69, 9.17) is 16.6 Å². The number of aromatic nitrogens is 1. The number of amides is 1. The molecule has 1 aliphatic rings. The van der Waals surface area contributed by atoms with Gasteiger partial charge in [-0.05, 0) is 47.9 Å². The largest absolute Gasteiger partial charge is 0.349 e. The molecule has 1 aromatic heterocycles. The Morgan fingerprint density at radius 3 is 2.48 bits per heavy atom. The molecule has 4 aromatic carbocycles. The maximum absolute atomic E-state index is 13.0. The van der Waals surface area contributed by atoms with E-state index in [1.165, 1.54) is 11.8 Å². The number of aryl methyl sites for hydroxylation is 1. The van der Waals surface area contributed by atoms with Crippen LogP contribution >= 0.6 is 34.7 Å². The zero-order chi connectivity index (χ0) is 29.1. The van der Waals surface area contributed by atoms with Gasteiger partial charge in [0.1, 0.15) is 5.01 Å². The predicted octanol–water partition coefficient (Wildman–Crippen LogP) is 8.62. The number of thiazole rings is 1. The van der Waals surface area contributed by atoms with Crippen LogP contribution in [-0.2, 0) is 4.79 Å². The lowest BCUT2D eigenvalue weighted by Gasteiger charge is -2.31. The summed E-state index contributed by atoms with van der Waals surface area (Å²) < 4.78 is 1.06. The van der Waals surface area contributed by atoms with Crippen LogP contribution in [0.1, 0.15) is 27.6 Å². The first kappa shape index (κ1) is 27.8. The van der Waals surface area contributed by atoms with Crippen molar-refractivity contribution in [2.24, 2.45) is 0 Å². The number of halogens is 1. The first-order valence-corrected chi connectivity index (χ1v) is 15.5. The van der Waals surface area contributed by atoms with Gasteiger partial charge in [-0.25, -0.2) is 4.98 Å². The lowest BCUT2D eigenvalue weighted by Crippen LogP contribution is -2.25. The minimum Gasteiger partial charge on any atom is -0.349 e. The van der Waals surface area contributed by atoms with E-state index in [0.29, 0.717) is 15.6 Å². The number of anilines is 1. The molecule has 2 N–H and O–H groups in total. The molecular weight excluding hydrogens is 580 g/mol. The van der Waals surface area contributed by atoms with E-state index in [-0.39, 0.29) is 11.7 Å². The number of hydrogen-bond acceptors (Lipinski definition) is 6. The van der Waals surface area contributed by atoms with Crippen molar-refractivity contribution in [3.8, 4) is 6.07 Å². The van der Waals surface area contributed by atoms with Gasteiger partial charge in [-0.2, -0.15) is 5.26 Å². The van der Waals surface area contributed by atoms with Crippen molar-refractivity contribution in [2.45, 2.75) is 12.8 Å². The number of hydrogen-bond donors (Lipinski definition) is 2. The third-order valence-corrected chi connectivity index (χ3v) is 9.45. The van der Waals surface area contributed by atoms with Crippen molar-refractivity contribution in [3.05, 3.63) is 140 Å². The van der Waals surface area contributed by atoms with Gasteiger partial charge in [-0.3, -0.25) is 4.79 Å². The predicted molar refractivity (Wildman–Crippen MR) is 175 cm³/mol. The highest BCUT2D eigenvalue weighted by molar-refractivity contribution is 8.03. The molecule has 1 unspecified atom stereocenters. The Bertz CT molecular complexity index is 1870. The molecule has 0 saturated heterocycles. The third kappa shape index (κ3) is 5.57. The average molecular weight is 605 g/mol. The van der Waals surface area contributed by atoms with Crippen LogP contribution in [-0.4, -0.2) is 16.6 Å². The molecule has 0 aliphatic carbocycles. The van der Waals surface area contributed by atoms with Crippen molar-refractivity contribution in [3.63, 3.8) is 0 Å². The lowest BCUT2D eigenvalue weighted by molar-refractivity contribution is -0.113. The molecule has 42 heavy (non-hydrogen) atoms. The first-order chi connectivity index (χ1) is 20.5. The quantitative estimate of drug-likeness (QED) is 0.194. The number of dihydropyridines is 1. The van der Waals surface area contributed by atoms with E-state index in [0.717, 1.165) is 48.9 Å². The molecule has 5 nitrogen and oxygen atoms in total. The summed E-state index contributed by atoms with van der Waals surface area (Å²) >= 11 is 9.72. The summed E-state index contributed by atoms with van der Waals surface area (Å²) in [5, 5.41) is 19.2. The highest BCUT2D eigenvalue weighted by Gasteiger charge is 2.36. The highest BCUT2D eigenvalue weighted by atomic mass is 35.5. The fourth-order valence-electron chi connectivity index (χ4n) is 5.00. The van der Waals surface area contributed by atoms with Crippen molar-refractivity contribution < 1.29 is 4.79 Å². The number of fused-ring (bicyclic) bond motifs is 1. The van der Waals surface area contributed by atoms with E-state index in [1.807, 2.05) is 104 Å². The SMILES string of the molecule is Cc1ccccc1NC(=O)CSC1=C(C#N)C(c2ccccc2Cl)C(c2nc3ccccc3s2)=C(c2ccccc2)N1. The number of thioether (sulfide) groups is 1. The van der Waals surface area contributed by atoms with Crippen LogP contribution in [0.2, 0.25) is 5.02 Å². The van der Waals surface area contributed by atoms with Crippen LogP contribution in [0.15, 0.2) is 114 Å². The fraction of sp³-hybridized carbons (Fsp3) is 0.0882. The molecule has 0 fully saturated rings. The zero-order valence-corrected chi connectivity index (χ0v) is 25.0. The van der Waals surface area contributed by atoms with Gasteiger partial charge in [-0.1, -0.05) is 102 Å². The van der Waals surface area contributed by atoms with Gasteiger partial charge in [0.15, 0.2) is 0 Å². The summed E-state index contributed by atoms with van der Waals surface area (Å²) in [6.45, 7) is 1.95. The number of rotatable bonds is 7. The standard InChI is InChI=1S/C34H25ClN4OS2/c1-21-11-5-8-16-26(21)37-29(40)20-41-33-24(19-36)30(23-14-6-7-15-25(23)35)31(32(39-33)22-12-3-2-4-13-22)34-38-27-17-9-10-18-28(27)42-34/h2-18,30,39H,20H2,1H3,(H,37,40). The monoisotopic (exact) mass is 604 g/mol. The molecule has 1 atom stereocenters. The normalized spacial score (nSPS) is 14.9. The second kappa shape index (κ2) is 12.3. The summed E-state index contributed by atoms with van der Waals surface area (Å²) in [5.41, 5.74) is 6.60. The van der Waals surface area contributed by atoms with E-state index in [2.05, 4.69) is 22.8 Å². The van der Waals surface area contributed by atoms with Gasteiger partial charge in [-0.15, -0.1) is 11.3 Å². The zero-order valence-electron chi connectivity index (χ0n) is 22.6. The topological polar surface area (TPSA) is 77.8 Å². The highest BCUT2D eigenvalue weighted by Crippen LogP contribution is 2.50. The molecule has 0 spiro atoms. The van der Waals surface area contributed by atoms with Crippen LogP contribution in [0.4, 0.5) is 5.69 Å². The van der Waals surface area contributed by atoms with Crippen molar-refractivity contribution in [2.75, 3.05) is 11.1 Å². The van der Waals surface area contributed by atoms with Gasteiger partial charge in [0.05, 0.1) is 44.3 Å². The third-order valence-electron chi connectivity index (χ3n) is 7.02. The Labute approximate surface area is 257 Å². The average Bonchev–Trinajstić information content (AvgIpc) is 3.45. The molecule has 206 valence electrons. The molecule has 0 saturated carbocycles. The van der Waals surface area contributed by atoms with Crippen LogP contribution in [0, 0.1) is 18.3 Å². The van der Waals surface area contributed by atoms with Crippen molar-refractivity contribution >= 4 is 67.8 Å². The Morgan fingerprint density at radius 2 is 1.71 bits per heavy atom. The molecule has 2 heterocycles. The Kier molecular flexibility index (Phi) is 8.11. The molecule has 0 radical (unpaired) electrons. The number of benzene rings is 4. The number of carbonyl (C=O) groups is 1. The van der Waals surface area contributed by atoms with Crippen molar-refractivity contribution in [1.82, 2.24) is 10.3 Å². The van der Waals surface area contributed by atoms with Crippen molar-refractivity contribution in [1.29, 1.82) is 5.26 Å². The van der Waals surface area contributed by atoms with Gasteiger partial charge in [0, 0.05) is 16.3 Å². The smallest absolute Gasteiger partial charge is 0.234 e. The Hall–Kier alpha value is -4.35. The summed E-state index contributed by atoms with van der Waals surface area (Å²) in [4.78, 5) is 18.1. The molecule has 5 aromatic rings. The number of nitriles is 1. The van der Waals surface area contributed by atoms with E-state index < -0.39 is 5.92 Å². The van der Waals surface area contributed by atoms with Gasteiger partial charge in [0.25, 0.3) is 0 Å². The number of nitrogens with zero attached hydrogens (tertiary/aromatic N) is 2. The number of allylic oxidation sites excluding steroid dienone is 2. The molecule has 1 aliphatic heterocycles. The molecular formula is C34H25ClN4OS2. The molecule has 6 rings (SSSR count). The first-order valence-electron chi connectivity index (χ1n) is 13.3. The molecule has 0 bridgehead atoms. The maximum atomic E-state index is 13.0. The van der Waals surface area contributed by atoms with Crippen LogP contribution in [0.5, 0.6) is 0 Å². The fourth-order valence-corrected chi connectivity index (χ4v) is 7.14. The summed E-state index contributed by atoms with van der Waals surface area (Å²) in [6, 6.07) is 35.8. The van der Waals surface area contributed by atoms with E-state index in [9.17, 15) is 10.1 Å². The summed E-state index contributed by atoms with van der Waals surface area (Å²) in [6.07, 6.45) is 0. The number of carbonyl (C=O) groups excluding carboxylic acids is 1. The minimum absolute atomic E-state index is 0.121. The summed E-state index contributed by atoms with van der Waals surface area (Å²) in [5.74, 6) is -0.532. The summed E-state index contributed by atoms with van der Waals surface area (Å²) in [7, 11) is 0. The molecule has 8 heteroatoms. The Morgan fingerprint density at radius 1 is 1.00 bits per heavy atom. The van der Waals surface area contributed by atoms with Crippen LogP contribution in [0.3, 0.4) is 0 Å². The van der Waals surface area contributed by atoms with Gasteiger partial charge in [0.2, 0.25) is 5.91 Å². The maximum Gasteiger partial charge on any atom is 0.234 e. The lowest BCUT2D eigenvalue weighted by atomic mass is 9.81. The van der Waals surface area contributed by atoms with Crippen LogP contribution < -0.4 is 10.6 Å². The van der Waals surface area contributed by atoms with E-state index >= 15 is 0 Å².